The molecule has 0 radical (unpaired) electrons. The molecule has 5 heteroatoms. The fourth-order valence-electron chi connectivity index (χ4n) is 1.16. The van der Waals surface area contributed by atoms with Crippen molar-refractivity contribution >= 4 is 5.95 Å². The predicted octanol–water partition coefficient (Wildman–Crippen LogP) is 1.63. The van der Waals surface area contributed by atoms with Crippen LogP contribution in [0, 0.1) is 6.92 Å². The highest BCUT2D eigenvalue weighted by Gasteiger charge is 2.04. The van der Waals surface area contributed by atoms with E-state index in [2.05, 4.69) is 15.3 Å². The van der Waals surface area contributed by atoms with Crippen LogP contribution >= 0.6 is 0 Å². The molecule has 0 bridgehead atoms. The smallest absolute Gasteiger partial charge is 0.225 e. The average Bonchev–Trinajstić information content (AvgIpc) is 2.29. The van der Waals surface area contributed by atoms with Gasteiger partial charge in [-0.3, -0.25) is 0 Å². The summed E-state index contributed by atoms with van der Waals surface area (Å²) in [4.78, 5) is 8.40. The van der Waals surface area contributed by atoms with Gasteiger partial charge >= 0.3 is 0 Å². The maximum absolute atomic E-state index is 5.51. The molecule has 1 rings (SSSR count). The lowest BCUT2D eigenvalue weighted by molar-refractivity contribution is 0.108. The number of aromatic nitrogens is 2. The lowest BCUT2D eigenvalue weighted by atomic mass is 10.4. The molecule has 0 amide bonds. The Morgan fingerprint density at radius 1 is 1.31 bits per heavy atom. The summed E-state index contributed by atoms with van der Waals surface area (Å²) in [5.41, 5.74) is 0.929. The largest absolute Gasteiger partial charge is 0.475 e. The van der Waals surface area contributed by atoms with Gasteiger partial charge in [-0.1, -0.05) is 0 Å². The number of hydrogen-bond donors (Lipinski definition) is 1. The van der Waals surface area contributed by atoms with Gasteiger partial charge in [0.05, 0.1) is 6.61 Å². The molecule has 1 aromatic heterocycles. The Bertz CT molecular complexity index is 318. The fraction of sp³-hybridized carbons (Fsp3) is 0.636. The molecule has 1 heterocycles. The van der Waals surface area contributed by atoms with Gasteiger partial charge in [-0.15, -0.1) is 0 Å². The molecule has 90 valence electrons. The topological polar surface area (TPSA) is 56.3 Å². The van der Waals surface area contributed by atoms with Gasteiger partial charge < -0.3 is 14.8 Å². The average molecular weight is 225 g/mol. The molecule has 0 fully saturated rings. The molecule has 0 aromatic carbocycles. The number of nitrogens with zero attached hydrogens (tertiary/aromatic N) is 2. The van der Waals surface area contributed by atoms with E-state index in [-0.39, 0.29) is 0 Å². The first-order valence-electron chi connectivity index (χ1n) is 5.56. The van der Waals surface area contributed by atoms with E-state index >= 15 is 0 Å². The van der Waals surface area contributed by atoms with E-state index in [4.69, 9.17) is 9.47 Å². The van der Waals surface area contributed by atoms with E-state index in [1.807, 2.05) is 20.8 Å². The maximum atomic E-state index is 5.51. The second-order valence-corrected chi connectivity index (χ2v) is 3.26. The maximum Gasteiger partial charge on any atom is 0.225 e. The summed E-state index contributed by atoms with van der Waals surface area (Å²) in [6, 6.07) is 0. The molecule has 0 aliphatic rings. The van der Waals surface area contributed by atoms with Crippen LogP contribution in [0.1, 0.15) is 19.4 Å². The van der Waals surface area contributed by atoms with Gasteiger partial charge in [0.1, 0.15) is 6.61 Å². The van der Waals surface area contributed by atoms with Crippen LogP contribution in [0.5, 0.6) is 5.88 Å². The van der Waals surface area contributed by atoms with Crippen molar-refractivity contribution in [2.75, 3.05) is 31.7 Å². The Morgan fingerprint density at radius 2 is 2.12 bits per heavy atom. The summed E-state index contributed by atoms with van der Waals surface area (Å²) in [6.45, 7) is 8.47. The third kappa shape index (κ3) is 4.02. The van der Waals surface area contributed by atoms with Crippen LogP contribution in [0.4, 0.5) is 5.95 Å². The molecule has 0 saturated heterocycles. The van der Waals surface area contributed by atoms with E-state index in [0.29, 0.717) is 31.6 Å². The van der Waals surface area contributed by atoms with Crippen LogP contribution in [0.25, 0.3) is 0 Å². The molecule has 1 aromatic rings. The number of anilines is 1. The second kappa shape index (κ2) is 7.00. The van der Waals surface area contributed by atoms with E-state index < -0.39 is 0 Å². The van der Waals surface area contributed by atoms with Crippen molar-refractivity contribution in [2.24, 2.45) is 0 Å². The van der Waals surface area contributed by atoms with Gasteiger partial charge in [-0.25, -0.2) is 4.98 Å². The molecular weight excluding hydrogens is 206 g/mol. The summed E-state index contributed by atoms with van der Waals surface area (Å²) in [6.07, 6.45) is 1.75. The van der Waals surface area contributed by atoms with Gasteiger partial charge in [-0.2, -0.15) is 4.98 Å². The quantitative estimate of drug-likeness (QED) is 0.715. The Hall–Kier alpha value is -1.36. The molecular formula is C11H19N3O2. The van der Waals surface area contributed by atoms with Gasteiger partial charge in [0.2, 0.25) is 11.8 Å². The van der Waals surface area contributed by atoms with Gasteiger partial charge in [0.15, 0.2) is 0 Å². The predicted molar refractivity (Wildman–Crippen MR) is 62.9 cm³/mol. The zero-order chi connectivity index (χ0) is 11.8. The first kappa shape index (κ1) is 12.7. The summed E-state index contributed by atoms with van der Waals surface area (Å²) >= 11 is 0. The van der Waals surface area contributed by atoms with Crippen molar-refractivity contribution in [1.29, 1.82) is 0 Å². The first-order chi connectivity index (χ1) is 7.77. The van der Waals surface area contributed by atoms with Crippen LogP contribution in [0.2, 0.25) is 0 Å². The summed E-state index contributed by atoms with van der Waals surface area (Å²) < 4.78 is 10.7. The van der Waals surface area contributed by atoms with Crippen LogP contribution in [-0.2, 0) is 4.74 Å². The standard InChI is InChI=1S/C11H19N3O2/c1-4-12-11-13-8-9(3)10(14-11)16-7-6-15-5-2/h8H,4-7H2,1-3H3,(H,12,13,14). The van der Waals surface area contributed by atoms with Crippen molar-refractivity contribution in [3.05, 3.63) is 11.8 Å². The number of hydrogen-bond acceptors (Lipinski definition) is 5. The van der Waals surface area contributed by atoms with Crippen LogP contribution in [0.3, 0.4) is 0 Å². The number of aryl methyl sites for hydroxylation is 1. The van der Waals surface area contributed by atoms with Crippen LogP contribution < -0.4 is 10.1 Å². The molecule has 0 unspecified atom stereocenters. The molecule has 1 N–H and O–H groups in total. The fourth-order valence-corrected chi connectivity index (χ4v) is 1.16. The van der Waals surface area contributed by atoms with E-state index in [1.165, 1.54) is 0 Å². The molecule has 0 spiro atoms. The van der Waals surface area contributed by atoms with E-state index in [1.54, 1.807) is 6.20 Å². The second-order valence-electron chi connectivity index (χ2n) is 3.26. The van der Waals surface area contributed by atoms with Gasteiger partial charge in [-0.05, 0) is 20.8 Å². The molecule has 0 aliphatic heterocycles. The first-order valence-corrected chi connectivity index (χ1v) is 5.56. The highest BCUT2D eigenvalue weighted by Crippen LogP contribution is 2.14. The van der Waals surface area contributed by atoms with Crippen molar-refractivity contribution in [1.82, 2.24) is 9.97 Å². The van der Waals surface area contributed by atoms with Crippen molar-refractivity contribution in [2.45, 2.75) is 20.8 Å². The molecule has 0 atom stereocenters. The van der Waals surface area contributed by atoms with Crippen molar-refractivity contribution in [3.63, 3.8) is 0 Å². The minimum absolute atomic E-state index is 0.511. The van der Waals surface area contributed by atoms with E-state index in [0.717, 1.165) is 12.1 Å². The zero-order valence-corrected chi connectivity index (χ0v) is 10.1. The normalized spacial score (nSPS) is 10.2. The van der Waals surface area contributed by atoms with Crippen LogP contribution in [-0.4, -0.2) is 36.3 Å². The Morgan fingerprint density at radius 3 is 2.81 bits per heavy atom. The number of ether oxygens (including phenoxy) is 2. The Kier molecular flexibility index (Phi) is 5.56. The minimum Gasteiger partial charge on any atom is -0.475 e. The third-order valence-corrected chi connectivity index (χ3v) is 1.93. The minimum atomic E-state index is 0.511. The number of rotatable bonds is 7. The molecule has 16 heavy (non-hydrogen) atoms. The summed E-state index contributed by atoms with van der Waals surface area (Å²) in [5.74, 6) is 1.21. The number of nitrogens with one attached hydrogen (secondary N) is 1. The van der Waals surface area contributed by atoms with Crippen LogP contribution in [0.15, 0.2) is 6.20 Å². The summed E-state index contributed by atoms with van der Waals surface area (Å²) in [5, 5.41) is 3.04. The lowest BCUT2D eigenvalue weighted by Gasteiger charge is -2.09. The third-order valence-electron chi connectivity index (χ3n) is 1.93. The Labute approximate surface area is 96.2 Å². The molecule has 0 aliphatic carbocycles. The van der Waals surface area contributed by atoms with Gasteiger partial charge in [0, 0.05) is 24.9 Å². The lowest BCUT2D eigenvalue weighted by Crippen LogP contribution is -2.10. The monoisotopic (exact) mass is 225 g/mol. The molecule has 5 nitrogen and oxygen atoms in total. The highest BCUT2D eigenvalue weighted by molar-refractivity contribution is 5.32. The van der Waals surface area contributed by atoms with Crippen molar-refractivity contribution < 1.29 is 9.47 Å². The Balaban J connectivity index is 2.52. The zero-order valence-electron chi connectivity index (χ0n) is 10.1. The van der Waals surface area contributed by atoms with Crippen molar-refractivity contribution in [3.8, 4) is 5.88 Å². The SMILES string of the molecule is CCNc1ncc(C)c(OCCOCC)n1. The highest BCUT2D eigenvalue weighted by atomic mass is 16.5. The van der Waals surface area contributed by atoms with Gasteiger partial charge in [0.25, 0.3) is 0 Å². The summed E-state index contributed by atoms with van der Waals surface area (Å²) in [7, 11) is 0. The van der Waals surface area contributed by atoms with E-state index in [9.17, 15) is 0 Å². The molecule has 0 saturated carbocycles.